The van der Waals surface area contributed by atoms with Crippen LogP contribution < -0.4 is 5.73 Å². The van der Waals surface area contributed by atoms with E-state index in [1.54, 1.807) is 0 Å². The number of nitrogens with zero attached hydrogens (tertiary/aromatic N) is 2. The molecule has 2 N–H and O–H groups in total. The first kappa shape index (κ1) is 16.7. The molecule has 0 aliphatic carbocycles. The maximum Gasteiger partial charge on any atom is 0.239 e. The monoisotopic (exact) mass is 263 g/mol. The third kappa shape index (κ3) is 4.45. The van der Waals surface area contributed by atoms with Gasteiger partial charge in [-0.05, 0) is 32.9 Å². The summed E-state index contributed by atoms with van der Waals surface area (Å²) in [5, 5.41) is 0. The maximum absolute atomic E-state index is 12.0. The van der Waals surface area contributed by atoms with Gasteiger partial charge in [-0.2, -0.15) is 0 Å². The van der Waals surface area contributed by atoms with Crippen molar-refractivity contribution in [2.75, 3.05) is 27.2 Å². The lowest BCUT2D eigenvalue weighted by atomic mass is 10.00. The van der Waals surface area contributed by atoms with E-state index in [0.717, 1.165) is 25.9 Å². The van der Waals surface area contributed by atoms with Gasteiger partial charge in [-0.15, -0.1) is 12.4 Å². The molecule has 0 unspecified atom stereocenters. The second kappa shape index (κ2) is 7.19. The number of likely N-dealkylation sites (tertiary alicyclic amines) is 1. The summed E-state index contributed by atoms with van der Waals surface area (Å²) in [6, 6.07) is 0.273. The summed E-state index contributed by atoms with van der Waals surface area (Å²) in [6.45, 7) is 5.69. The molecule has 1 atom stereocenters. The number of piperidine rings is 1. The average molecular weight is 264 g/mol. The average Bonchev–Trinajstić information content (AvgIpc) is 2.27. The molecule has 1 heterocycles. The highest BCUT2D eigenvalue weighted by Crippen LogP contribution is 2.15. The van der Waals surface area contributed by atoms with Crippen molar-refractivity contribution < 1.29 is 4.79 Å². The predicted octanol–water partition coefficient (Wildman–Crippen LogP) is 0.944. The smallest absolute Gasteiger partial charge is 0.239 e. The molecular formula is C12H26ClN3O. The summed E-state index contributed by atoms with van der Waals surface area (Å²) in [5.74, 6) is 0.339. The van der Waals surface area contributed by atoms with Gasteiger partial charge < -0.3 is 15.5 Å². The van der Waals surface area contributed by atoms with E-state index in [9.17, 15) is 4.79 Å². The molecule has 0 aromatic heterocycles. The van der Waals surface area contributed by atoms with Crippen LogP contribution in [0, 0.1) is 5.92 Å². The van der Waals surface area contributed by atoms with Gasteiger partial charge in [0, 0.05) is 19.1 Å². The zero-order valence-corrected chi connectivity index (χ0v) is 12.2. The molecule has 102 valence electrons. The van der Waals surface area contributed by atoms with Crippen LogP contribution in [0.15, 0.2) is 0 Å². The van der Waals surface area contributed by atoms with Crippen molar-refractivity contribution in [2.45, 2.75) is 38.8 Å². The first-order valence-corrected chi connectivity index (χ1v) is 6.14. The molecule has 1 aliphatic heterocycles. The van der Waals surface area contributed by atoms with Gasteiger partial charge in [0.05, 0.1) is 6.04 Å². The van der Waals surface area contributed by atoms with Gasteiger partial charge in [0.1, 0.15) is 0 Å². The fourth-order valence-electron chi connectivity index (χ4n) is 2.10. The molecule has 0 bridgehead atoms. The molecule has 0 spiro atoms. The predicted molar refractivity (Wildman–Crippen MR) is 73.4 cm³/mol. The summed E-state index contributed by atoms with van der Waals surface area (Å²) in [7, 11) is 4.20. The van der Waals surface area contributed by atoms with Crippen molar-refractivity contribution in [1.29, 1.82) is 0 Å². The number of carbonyl (C=O) groups excluding carboxylic acids is 1. The Kier molecular flexibility index (Phi) is 7.05. The Bertz CT molecular complexity index is 238. The van der Waals surface area contributed by atoms with Crippen LogP contribution >= 0.6 is 12.4 Å². The van der Waals surface area contributed by atoms with E-state index in [4.69, 9.17) is 5.73 Å². The molecule has 4 nitrogen and oxygen atoms in total. The van der Waals surface area contributed by atoms with Crippen LogP contribution in [0.1, 0.15) is 26.7 Å². The number of rotatable bonds is 3. The number of amides is 1. The number of nitrogens with two attached hydrogens (primary N) is 1. The second-order valence-corrected chi connectivity index (χ2v) is 5.29. The maximum atomic E-state index is 12.0. The number of hydrogen-bond donors (Lipinski definition) is 1. The van der Waals surface area contributed by atoms with Crippen molar-refractivity contribution in [3.05, 3.63) is 0 Å². The summed E-state index contributed by atoms with van der Waals surface area (Å²) < 4.78 is 0. The highest BCUT2D eigenvalue weighted by Gasteiger charge is 2.28. The lowest BCUT2D eigenvalue weighted by Crippen LogP contribution is -2.51. The Balaban J connectivity index is 0.00000256. The highest BCUT2D eigenvalue weighted by atomic mass is 35.5. The minimum atomic E-state index is -0.337. The summed E-state index contributed by atoms with van der Waals surface area (Å²) in [4.78, 5) is 16.2. The van der Waals surface area contributed by atoms with Crippen molar-refractivity contribution >= 4 is 18.3 Å². The van der Waals surface area contributed by atoms with E-state index in [0.29, 0.717) is 6.04 Å². The van der Waals surface area contributed by atoms with E-state index in [-0.39, 0.29) is 30.3 Å². The van der Waals surface area contributed by atoms with E-state index in [1.165, 1.54) is 0 Å². The van der Waals surface area contributed by atoms with Crippen LogP contribution in [-0.2, 0) is 4.79 Å². The van der Waals surface area contributed by atoms with E-state index in [1.807, 2.05) is 18.7 Å². The fourth-order valence-corrected chi connectivity index (χ4v) is 2.10. The third-order valence-corrected chi connectivity index (χ3v) is 3.51. The van der Waals surface area contributed by atoms with Gasteiger partial charge in [0.25, 0.3) is 0 Å². The number of carbonyl (C=O) groups is 1. The number of hydrogen-bond acceptors (Lipinski definition) is 3. The molecule has 0 aromatic rings. The first-order valence-electron chi connectivity index (χ1n) is 6.14. The first-order chi connectivity index (χ1) is 7.43. The molecule has 5 heteroatoms. The van der Waals surface area contributed by atoms with Crippen LogP contribution in [0.25, 0.3) is 0 Å². The van der Waals surface area contributed by atoms with Gasteiger partial charge in [-0.1, -0.05) is 13.8 Å². The highest BCUT2D eigenvalue weighted by molar-refractivity contribution is 5.85. The van der Waals surface area contributed by atoms with Crippen LogP contribution in [0.4, 0.5) is 0 Å². The van der Waals surface area contributed by atoms with Gasteiger partial charge >= 0.3 is 0 Å². The van der Waals surface area contributed by atoms with Crippen LogP contribution in [-0.4, -0.2) is 55.0 Å². The lowest BCUT2D eigenvalue weighted by Gasteiger charge is -2.36. The molecule has 0 aromatic carbocycles. The standard InChI is InChI=1S/C12H25N3O.ClH/c1-9(2)11(13)12(16)15-7-5-10(6-8-15)14(3)4;/h9-11H,5-8,13H2,1-4H3;1H/t11-;/m0./s1. The Labute approximate surface area is 111 Å². The Morgan fingerprint density at radius 1 is 1.29 bits per heavy atom. The van der Waals surface area contributed by atoms with Crippen LogP contribution in [0.3, 0.4) is 0 Å². The van der Waals surface area contributed by atoms with Crippen molar-refractivity contribution in [1.82, 2.24) is 9.80 Å². The van der Waals surface area contributed by atoms with Gasteiger partial charge in [0.15, 0.2) is 0 Å². The SMILES string of the molecule is CC(C)[C@H](N)C(=O)N1CCC(N(C)C)CC1.Cl. The Morgan fingerprint density at radius 2 is 1.76 bits per heavy atom. The molecular weight excluding hydrogens is 238 g/mol. The zero-order chi connectivity index (χ0) is 12.3. The van der Waals surface area contributed by atoms with E-state index < -0.39 is 0 Å². The molecule has 0 saturated carbocycles. The third-order valence-electron chi connectivity index (χ3n) is 3.51. The minimum Gasteiger partial charge on any atom is -0.341 e. The molecule has 1 aliphatic rings. The summed E-state index contributed by atoms with van der Waals surface area (Å²) in [5.41, 5.74) is 5.88. The molecule has 1 fully saturated rings. The van der Waals surface area contributed by atoms with Crippen LogP contribution in [0.5, 0.6) is 0 Å². The summed E-state index contributed by atoms with van der Waals surface area (Å²) >= 11 is 0. The Morgan fingerprint density at radius 3 is 2.12 bits per heavy atom. The van der Waals surface area contributed by atoms with E-state index in [2.05, 4.69) is 19.0 Å². The second-order valence-electron chi connectivity index (χ2n) is 5.29. The molecule has 1 saturated heterocycles. The molecule has 1 amide bonds. The molecule has 0 radical (unpaired) electrons. The topological polar surface area (TPSA) is 49.6 Å². The number of halogens is 1. The quantitative estimate of drug-likeness (QED) is 0.825. The van der Waals surface area contributed by atoms with Crippen molar-refractivity contribution in [2.24, 2.45) is 11.7 Å². The molecule has 17 heavy (non-hydrogen) atoms. The van der Waals surface area contributed by atoms with E-state index >= 15 is 0 Å². The fraction of sp³-hybridized carbons (Fsp3) is 0.917. The largest absolute Gasteiger partial charge is 0.341 e. The zero-order valence-electron chi connectivity index (χ0n) is 11.3. The van der Waals surface area contributed by atoms with Gasteiger partial charge in [0.2, 0.25) is 5.91 Å². The normalized spacial score (nSPS) is 19.4. The van der Waals surface area contributed by atoms with Crippen molar-refractivity contribution in [3.63, 3.8) is 0 Å². The van der Waals surface area contributed by atoms with Crippen molar-refractivity contribution in [3.8, 4) is 0 Å². The molecule has 1 rings (SSSR count). The van der Waals surface area contributed by atoms with Crippen LogP contribution in [0.2, 0.25) is 0 Å². The van der Waals surface area contributed by atoms with Gasteiger partial charge in [-0.25, -0.2) is 0 Å². The minimum absolute atomic E-state index is 0. The lowest BCUT2D eigenvalue weighted by molar-refractivity contribution is -0.135. The summed E-state index contributed by atoms with van der Waals surface area (Å²) in [6.07, 6.45) is 2.12. The Hall–Kier alpha value is -0.320. The van der Waals surface area contributed by atoms with Gasteiger partial charge in [-0.3, -0.25) is 4.79 Å².